The summed E-state index contributed by atoms with van der Waals surface area (Å²) in [5, 5.41) is 21.6. The molecule has 4 rings (SSSR count). The molecule has 0 bridgehead atoms. The Bertz CT molecular complexity index is 924. The average Bonchev–Trinajstić information content (AvgIpc) is 2.78. The van der Waals surface area contributed by atoms with Crippen molar-refractivity contribution < 1.29 is 14.9 Å². The van der Waals surface area contributed by atoms with Gasteiger partial charge in [-0.1, -0.05) is 30.3 Å². The number of hydrogen-bond donors (Lipinski definition) is 2. The predicted octanol–water partition coefficient (Wildman–Crippen LogP) is 5.14. The van der Waals surface area contributed by atoms with Crippen molar-refractivity contribution in [2.75, 3.05) is 19.6 Å². The van der Waals surface area contributed by atoms with E-state index in [1.54, 1.807) is 0 Å². The van der Waals surface area contributed by atoms with Crippen molar-refractivity contribution in [3.05, 3.63) is 58.1 Å². The fourth-order valence-corrected chi connectivity index (χ4v) is 5.26. The predicted molar refractivity (Wildman–Crippen MR) is 132 cm³/mol. The molecular weight excluding hydrogens is 422 g/mol. The molecule has 2 aliphatic rings. The van der Waals surface area contributed by atoms with Crippen molar-refractivity contribution in [3.63, 3.8) is 0 Å². The van der Waals surface area contributed by atoms with Gasteiger partial charge in [-0.25, -0.2) is 0 Å². The number of β-amino-alcohol motifs (C(OH)–C–C–N with tert-alkyl or cyclic N) is 1. The van der Waals surface area contributed by atoms with Crippen LogP contribution in [0.4, 0.5) is 0 Å². The number of nitrogens with zero attached hydrogens (tertiary/aromatic N) is 1. The number of likely N-dealkylation sites (tertiary alicyclic amines) is 1. The van der Waals surface area contributed by atoms with Crippen LogP contribution in [0.3, 0.4) is 0 Å². The Morgan fingerprint density at radius 3 is 2.38 bits per heavy atom. The van der Waals surface area contributed by atoms with Gasteiger partial charge in [-0.2, -0.15) is 0 Å². The number of hydrogen-bond acceptors (Lipinski definition) is 4. The van der Waals surface area contributed by atoms with E-state index in [-0.39, 0.29) is 12.4 Å². The highest BCUT2D eigenvalue weighted by Gasteiger charge is 2.41. The first kappa shape index (κ1) is 24.9. The molecule has 2 N–H and O–H groups in total. The Labute approximate surface area is 199 Å². The smallest absolute Gasteiger partial charge is 0.134 e. The Kier molecular flexibility index (Phi) is 7.80. The molecule has 176 valence electrons. The molecule has 2 unspecified atom stereocenters. The Balaban J connectivity index is 0.00000289. The second-order valence-corrected chi connectivity index (χ2v) is 9.90. The van der Waals surface area contributed by atoms with Crippen LogP contribution in [-0.2, 0) is 12.8 Å². The second-order valence-electron chi connectivity index (χ2n) is 9.90. The van der Waals surface area contributed by atoms with Crippen LogP contribution in [0.2, 0.25) is 0 Å². The summed E-state index contributed by atoms with van der Waals surface area (Å²) in [6.45, 7) is 10.7. The lowest BCUT2D eigenvalue weighted by atomic mass is 9.83. The molecule has 0 radical (unpaired) electrons. The molecule has 32 heavy (non-hydrogen) atoms. The molecule has 0 spiro atoms. The third-order valence-corrected chi connectivity index (χ3v) is 7.76. The number of piperidine rings is 1. The normalized spacial score (nSPS) is 22.5. The minimum absolute atomic E-state index is 0. The van der Waals surface area contributed by atoms with E-state index in [0.29, 0.717) is 12.3 Å². The van der Waals surface area contributed by atoms with Crippen molar-refractivity contribution in [3.8, 4) is 11.5 Å². The van der Waals surface area contributed by atoms with Gasteiger partial charge in [0.05, 0.1) is 0 Å². The Morgan fingerprint density at radius 1 is 1.06 bits per heavy atom. The number of aliphatic hydroxyl groups is 1. The zero-order valence-corrected chi connectivity index (χ0v) is 20.7. The molecule has 0 amide bonds. The van der Waals surface area contributed by atoms with Gasteiger partial charge in [0.2, 0.25) is 0 Å². The van der Waals surface area contributed by atoms with Gasteiger partial charge in [-0.15, -0.1) is 12.4 Å². The first-order valence-electron chi connectivity index (χ1n) is 11.7. The van der Waals surface area contributed by atoms with Crippen LogP contribution in [0.15, 0.2) is 30.3 Å². The van der Waals surface area contributed by atoms with Gasteiger partial charge in [-0.05, 0) is 101 Å². The number of benzene rings is 2. The van der Waals surface area contributed by atoms with E-state index in [1.807, 2.05) is 27.7 Å². The molecular formula is C27H38ClNO3. The maximum atomic E-state index is 11.2. The van der Waals surface area contributed by atoms with Crippen molar-refractivity contribution in [2.24, 2.45) is 5.92 Å². The van der Waals surface area contributed by atoms with Crippen LogP contribution < -0.4 is 4.74 Å². The highest BCUT2D eigenvalue weighted by atomic mass is 35.5. The van der Waals surface area contributed by atoms with E-state index in [9.17, 15) is 10.2 Å². The number of ether oxygens (including phenoxy) is 1. The van der Waals surface area contributed by atoms with Crippen LogP contribution in [-0.4, -0.2) is 46.5 Å². The van der Waals surface area contributed by atoms with Crippen molar-refractivity contribution in [1.82, 2.24) is 4.90 Å². The number of halogens is 1. The van der Waals surface area contributed by atoms with Gasteiger partial charge in [-0.3, -0.25) is 0 Å². The molecule has 2 aromatic carbocycles. The summed E-state index contributed by atoms with van der Waals surface area (Å²) in [6.07, 6.45) is 4.55. The Hall–Kier alpha value is -1.75. The zero-order valence-electron chi connectivity index (χ0n) is 19.9. The van der Waals surface area contributed by atoms with Crippen LogP contribution in [0.25, 0.3) is 0 Å². The van der Waals surface area contributed by atoms with Crippen LogP contribution in [0.1, 0.15) is 54.0 Å². The highest BCUT2D eigenvalue weighted by Crippen LogP contribution is 2.44. The average molecular weight is 460 g/mol. The fraction of sp³-hybridized carbons (Fsp3) is 0.556. The van der Waals surface area contributed by atoms with Gasteiger partial charge < -0.3 is 19.8 Å². The van der Waals surface area contributed by atoms with E-state index >= 15 is 0 Å². The van der Waals surface area contributed by atoms with E-state index in [2.05, 4.69) is 35.2 Å². The highest BCUT2D eigenvalue weighted by molar-refractivity contribution is 5.85. The lowest BCUT2D eigenvalue weighted by Crippen LogP contribution is -2.53. The molecule has 0 aromatic heterocycles. The number of aliphatic hydroxyl groups excluding tert-OH is 1. The zero-order chi connectivity index (χ0) is 22.2. The molecule has 5 heteroatoms. The van der Waals surface area contributed by atoms with Gasteiger partial charge in [0.15, 0.2) is 0 Å². The number of phenols is 1. The van der Waals surface area contributed by atoms with Crippen LogP contribution >= 0.6 is 12.4 Å². The second kappa shape index (κ2) is 10.0. The molecule has 0 saturated carbocycles. The van der Waals surface area contributed by atoms with E-state index < -0.39 is 11.7 Å². The van der Waals surface area contributed by atoms with Crippen molar-refractivity contribution in [2.45, 2.75) is 71.5 Å². The summed E-state index contributed by atoms with van der Waals surface area (Å²) < 4.78 is 6.48. The van der Waals surface area contributed by atoms with Gasteiger partial charge in [0, 0.05) is 12.1 Å². The molecule has 1 saturated heterocycles. The minimum atomic E-state index is -0.603. The first-order chi connectivity index (χ1) is 14.8. The molecule has 1 fully saturated rings. The molecule has 4 nitrogen and oxygen atoms in total. The summed E-state index contributed by atoms with van der Waals surface area (Å²) in [4.78, 5) is 2.40. The summed E-state index contributed by atoms with van der Waals surface area (Å²) >= 11 is 0. The number of phenolic OH excluding ortho intramolecular Hbond substituents is 1. The van der Waals surface area contributed by atoms with Gasteiger partial charge in [0.25, 0.3) is 0 Å². The fourth-order valence-electron chi connectivity index (χ4n) is 5.26. The number of aromatic hydroxyl groups is 1. The third kappa shape index (κ3) is 4.93. The topological polar surface area (TPSA) is 52.9 Å². The van der Waals surface area contributed by atoms with Crippen molar-refractivity contribution >= 4 is 12.4 Å². The minimum Gasteiger partial charge on any atom is -0.507 e. The maximum Gasteiger partial charge on any atom is 0.134 e. The quantitative estimate of drug-likeness (QED) is 0.650. The lowest BCUT2D eigenvalue weighted by molar-refractivity contribution is -0.0707. The summed E-state index contributed by atoms with van der Waals surface area (Å²) in [7, 11) is 0. The molecule has 2 atom stereocenters. The first-order valence-corrected chi connectivity index (χ1v) is 11.7. The third-order valence-electron chi connectivity index (χ3n) is 7.76. The number of rotatable bonds is 5. The van der Waals surface area contributed by atoms with E-state index in [4.69, 9.17) is 4.74 Å². The van der Waals surface area contributed by atoms with Gasteiger partial charge >= 0.3 is 0 Å². The van der Waals surface area contributed by atoms with Gasteiger partial charge in [0.1, 0.15) is 23.2 Å². The molecule has 2 aromatic rings. The molecule has 0 aliphatic carbocycles. The summed E-state index contributed by atoms with van der Waals surface area (Å²) in [5.41, 5.74) is 4.68. The SMILES string of the molecule is Cc1c(C)c2c(c(C)c1O)CCC(C)(C(O)CN1CCC(Cc3ccccc3)CC1)O2.Cl. The van der Waals surface area contributed by atoms with Crippen molar-refractivity contribution in [1.29, 1.82) is 0 Å². The Morgan fingerprint density at radius 2 is 1.72 bits per heavy atom. The largest absolute Gasteiger partial charge is 0.507 e. The maximum absolute atomic E-state index is 11.2. The number of fused-ring (bicyclic) bond motifs is 1. The van der Waals surface area contributed by atoms with E-state index in [0.717, 1.165) is 66.3 Å². The van der Waals surface area contributed by atoms with E-state index in [1.165, 1.54) is 18.4 Å². The van der Waals surface area contributed by atoms with Crippen LogP contribution in [0, 0.1) is 26.7 Å². The summed E-state index contributed by atoms with van der Waals surface area (Å²) in [5.74, 6) is 1.97. The summed E-state index contributed by atoms with van der Waals surface area (Å²) in [6, 6.07) is 10.8. The molecule has 2 aliphatic heterocycles. The standard InChI is InChI=1S/C27H37NO3.ClH/c1-18-19(2)26-23(20(3)25(18)30)10-13-27(4,31-26)24(29)17-28-14-11-22(12-15-28)16-21-8-6-5-7-9-21;/h5-9,22,24,29-30H,10-17H2,1-4H3;1H. The monoisotopic (exact) mass is 459 g/mol. The molecule has 2 heterocycles. The van der Waals surface area contributed by atoms with Crippen LogP contribution in [0.5, 0.6) is 11.5 Å². The lowest BCUT2D eigenvalue weighted by Gasteiger charge is -2.43.